The van der Waals surface area contributed by atoms with Crippen LogP contribution in [0.25, 0.3) is 0 Å². The average Bonchev–Trinajstić information content (AvgIpc) is 2.63. The number of alkyl halides is 6. The maximum absolute atomic E-state index is 11.7. The summed E-state index contributed by atoms with van der Waals surface area (Å²) in [6, 6.07) is 0. The molecule has 0 heterocycles. The third-order valence-corrected chi connectivity index (χ3v) is 10.2. The van der Waals surface area contributed by atoms with Gasteiger partial charge in [-0.05, 0) is 0 Å². The van der Waals surface area contributed by atoms with Gasteiger partial charge in [0.15, 0.2) is 0 Å². The summed E-state index contributed by atoms with van der Waals surface area (Å²) in [4.78, 5) is 23.5. The topological polar surface area (TPSA) is 52.6 Å². The van der Waals surface area contributed by atoms with Gasteiger partial charge in [-0.15, -0.1) is 0 Å². The van der Waals surface area contributed by atoms with Crippen LogP contribution in [-0.4, -0.2) is 57.1 Å². The number of carbonyl (C=O) groups is 2. The predicted molar refractivity (Wildman–Crippen MR) is 119 cm³/mol. The van der Waals surface area contributed by atoms with Crippen LogP contribution in [-0.2, 0) is 19.1 Å². The van der Waals surface area contributed by atoms with Crippen LogP contribution in [0, 0.1) is 10.8 Å². The lowest BCUT2D eigenvalue weighted by atomic mass is 9.98. The molecule has 0 spiro atoms. The third-order valence-electron chi connectivity index (χ3n) is 3.10. The van der Waals surface area contributed by atoms with Gasteiger partial charge in [0.1, 0.15) is 0 Å². The standard InChI is InChI=1S/C14H18Br6O4/c15-3-13(4-16,5-17)9-23-11(21)1-2-12(22)24-10-14(6-18,7-19)8-20/h1-2H,3-10H2. The maximum atomic E-state index is 11.7. The van der Waals surface area contributed by atoms with Gasteiger partial charge in [0.05, 0.1) is 13.2 Å². The van der Waals surface area contributed by atoms with Crippen molar-refractivity contribution in [1.82, 2.24) is 0 Å². The quantitative estimate of drug-likeness (QED) is 0.162. The van der Waals surface area contributed by atoms with E-state index < -0.39 is 11.9 Å². The summed E-state index contributed by atoms with van der Waals surface area (Å²) in [5, 5.41) is 4.02. The fraction of sp³-hybridized carbons (Fsp3) is 0.714. The summed E-state index contributed by atoms with van der Waals surface area (Å²) >= 11 is 20.5. The molecule has 0 saturated heterocycles. The van der Waals surface area contributed by atoms with Crippen molar-refractivity contribution in [1.29, 1.82) is 0 Å². The number of carbonyl (C=O) groups excluding carboxylic acids is 2. The fourth-order valence-electron chi connectivity index (χ4n) is 1.13. The number of esters is 2. The molecule has 0 saturated carbocycles. The maximum Gasteiger partial charge on any atom is 0.331 e. The second kappa shape index (κ2) is 13.7. The normalized spacial score (nSPS) is 12.4. The minimum absolute atomic E-state index is 0.229. The number of ether oxygens (including phenoxy) is 2. The van der Waals surface area contributed by atoms with E-state index in [2.05, 4.69) is 95.6 Å². The van der Waals surface area contributed by atoms with Crippen LogP contribution in [0.2, 0.25) is 0 Å². The van der Waals surface area contributed by atoms with Gasteiger partial charge in [-0.25, -0.2) is 9.59 Å². The molecule has 0 fully saturated rings. The van der Waals surface area contributed by atoms with Crippen LogP contribution < -0.4 is 0 Å². The Morgan fingerprint density at radius 2 is 0.875 bits per heavy atom. The highest BCUT2D eigenvalue weighted by Gasteiger charge is 2.29. The summed E-state index contributed by atoms with van der Waals surface area (Å²) in [5.74, 6) is -1.15. The van der Waals surface area contributed by atoms with Crippen molar-refractivity contribution in [3.63, 3.8) is 0 Å². The fourth-order valence-corrected chi connectivity index (χ4v) is 7.67. The van der Waals surface area contributed by atoms with Crippen molar-refractivity contribution in [2.75, 3.05) is 45.2 Å². The smallest absolute Gasteiger partial charge is 0.331 e. The van der Waals surface area contributed by atoms with E-state index in [1.807, 2.05) is 0 Å². The number of hydrogen-bond acceptors (Lipinski definition) is 4. The molecule has 0 radical (unpaired) electrons. The minimum atomic E-state index is -0.577. The number of hydrogen-bond donors (Lipinski definition) is 0. The molecule has 0 aliphatic carbocycles. The van der Waals surface area contributed by atoms with Crippen LogP contribution in [0.5, 0.6) is 0 Å². The Morgan fingerprint density at radius 3 is 1.08 bits per heavy atom. The molecule has 0 amide bonds. The van der Waals surface area contributed by atoms with Crippen molar-refractivity contribution in [3.8, 4) is 0 Å². The van der Waals surface area contributed by atoms with Crippen molar-refractivity contribution < 1.29 is 19.1 Å². The Kier molecular flexibility index (Phi) is 14.6. The summed E-state index contributed by atoms with van der Waals surface area (Å²) in [6.45, 7) is 0.458. The molecule has 0 aromatic carbocycles. The van der Waals surface area contributed by atoms with Gasteiger partial charge in [-0.2, -0.15) is 0 Å². The highest BCUT2D eigenvalue weighted by atomic mass is 79.9. The zero-order chi connectivity index (χ0) is 18.6. The van der Waals surface area contributed by atoms with Gasteiger partial charge in [0.2, 0.25) is 0 Å². The zero-order valence-corrected chi connectivity index (χ0v) is 22.2. The Bertz CT molecular complexity index is 367. The Balaban J connectivity index is 4.42. The molecule has 0 aromatic heterocycles. The van der Waals surface area contributed by atoms with Crippen molar-refractivity contribution in [2.24, 2.45) is 10.8 Å². The lowest BCUT2D eigenvalue weighted by Crippen LogP contribution is -2.33. The lowest BCUT2D eigenvalue weighted by Gasteiger charge is -2.26. The first-order valence-corrected chi connectivity index (χ1v) is 13.5. The van der Waals surface area contributed by atoms with Crippen LogP contribution in [0.3, 0.4) is 0 Å². The highest BCUT2D eigenvalue weighted by molar-refractivity contribution is 9.10. The van der Waals surface area contributed by atoms with E-state index in [-0.39, 0.29) is 24.0 Å². The van der Waals surface area contributed by atoms with Gasteiger partial charge in [0, 0.05) is 55.0 Å². The second-order valence-corrected chi connectivity index (χ2v) is 8.71. The van der Waals surface area contributed by atoms with E-state index >= 15 is 0 Å². The summed E-state index contributed by atoms with van der Waals surface area (Å²) in [5.41, 5.74) is -0.462. The molecule has 140 valence electrons. The van der Waals surface area contributed by atoms with Crippen LogP contribution in [0.15, 0.2) is 12.2 Å². The molecule has 0 aromatic rings. The van der Waals surface area contributed by atoms with E-state index in [9.17, 15) is 9.59 Å². The molecule has 24 heavy (non-hydrogen) atoms. The molecule has 0 aliphatic rings. The highest BCUT2D eigenvalue weighted by Crippen LogP contribution is 2.27. The van der Waals surface area contributed by atoms with E-state index in [0.717, 1.165) is 12.2 Å². The van der Waals surface area contributed by atoms with E-state index in [1.165, 1.54) is 0 Å². The largest absolute Gasteiger partial charge is 0.462 e. The molecule has 0 unspecified atom stereocenters. The molecule has 0 aliphatic heterocycles. The average molecular weight is 730 g/mol. The van der Waals surface area contributed by atoms with Crippen LogP contribution in [0.1, 0.15) is 0 Å². The van der Waals surface area contributed by atoms with E-state index in [4.69, 9.17) is 9.47 Å². The van der Waals surface area contributed by atoms with E-state index in [0.29, 0.717) is 32.0 Å². The van der Waals surface area contributed by atoms with Crippen molar-refractivity contribution in [3.05, 3.63) is 12.2 Å². The van der Waals surface area contributed by atoms with Gasteiger partial charge >= 0.3 is 11.9 Å². The van der Waals surface area contributed by atoms with Gasteiger partial charge in [0.25, 0.3) is 0 Å². The van der Waals surface area contributed by atoms with Gasteiger partial charge < -0.3 is 9.47 Å². The minimum Gasteiger partial charge on any atom is -0.462 e. The SMILES string of the molecule is O=C(C=CC(=O)OCC(CBr)(CBr)CBr)OCC(CBr)(CBr)CBr. The van der Waals surface area contributed by atoms with E-state index in [1.54, 1.807) is 0 Å². The first-order valence-electron chi connectivity index (χ1n) is 6.74. The number of rotatable bonds is 12. The summed E-state index contributed by atoms with van der Waals surface area (Å²) in [6.07, 6.45) is 2.17. The summed E-state index contributed by atoms with van der Waals surface area (Å²) < 4.78 is 10.4. The molecule has 0 bridgehead atoms. The Hall–Kier alpha value is 1.56. The third kappa shape index (κ3) is 8.97. The van der Waals surface area contributed by atoms with Crippen molar-refractivity contribution >= 4 is 108 Å². The molecule has 0 rings (SSSR count). The molecule has 4 nitrogen and oxygen atoms in total. The number of halogens is 6. The molecule has 0 atom stereocenters. The molecule has 10 heteroatoms. The predicted octanol–water partition coefficient (Wildman–Crippen LogP) is 4.97. The van der Waals surface area contributed by atoms with Crippen molar-refractivity contribution in [2.45, 2.75) is 0 Å². The zero-order valence-electron chi connectivity index (χ0n) is 12.7. The Labute approximate surface area is 193 Å². The van der Waals surface area contributed by atoms with Gasteiger partial charge in [-0.3, -0.25) is 0 Å². The monoisotopic (exact) mass is 724 g/mol. The van der Waals surface area contributed by atoms with Crippen LogP contribution in [0.4, 0.5) is 0 Å². The van der Waals surface area contributed by atoms with Gasteiger partial charge in [-0.1, -0.05) is 95.6 Å². The molecule has 0 N–H and O–H groups in total. The second-order valence-electron chi connectivity index (χ2n) is 5.35. The van der Waals surface area contributed by atoms with Crippen LogP contribution >= 0.6 is 95.6 Å². The lowest BCUT2D eigenvalue weighted by molar-refractivity contribution is -0.142. The first-order chi connectivity index (χ1) is 11.4. The molecular weight excluding hydrogens is 712 g/mol. The summed E-state index contributed by atoms with van der Waals surface area (Å²) in [7, 11) is 0. The first kappa shape index (κ1) is 25.6. The Morgan fingerprint density at radius 1 is 0.625 bits per heavy atom. The molecular formula is C14H18Br6O4.